The van der Waals surface area contributed by atoms with Crippen molar-refractivity contribution in [1.29, 1.82) is 0 Å². The summed E-state index contributed by atoms with van der Waals surface area (Å²) in [6.07, 6.45) is 4.42. The Labute approximate surface area is 84.4 Å². The van der Waals surface area contributed by atoms with E-state index in [1.807, 2.05) is 11.7 Å². The monoisotopic (exact) mass is 198 g/mol. The van der Waals surface area contributed by atoms with E-state index in [9.17, 15) is 0 Å². The van der Waals surface area contributed by atoms with Gasteiger partial charge >= 0.3 is 0 Å². The lowest BCUT2D eigenvalue weighted by Crippen LogP contribution is -2.28. The Morgan fingerprint density at radius 2 is 2.31 bits per heavy atom. The molecule has 0 bridgehead atoms. The Bertz CT molecular complexity index is 221. The molecule has 0 aliphatic heterocycles. The molecule has 2 unspecified atom stereocenters. The molecule has 1 rings (SSSR count). The van der Waals surface area contributed by atoms with Crippen LogP contribution in [0.4, 0.5) is 0 Å². The van der Waals surface area contributed by atoms with Gasteiger partial charge in [-0.2, -0.15) is 0 Å². The highest BCUT2D eigenvalue weighted by Gasteiger charge is 2.09. The zero-order chi connectivity index (χ0) is 9.68. The molecule has 0 saturated heterocycles. The van der Waals surface area contributed by atoms with Crippen LogP contribution >= 0.6 is 11.3 Å². The first-order valence-corrected chi connectivity index (χ1v) is 5.76. The van der Waals surface area contributed by atoms with E-state index in [-0.39, 0.29) is 0 Å². The minimum atomic E-state index is 0.439. The molecule has 13 heavy (non-hydrogen) atoms. The summed E-state index contributed by atoms with van der Waals surface area (Å²) in [5.41, 5.74) is 1.89. The Morgan fingerprint density at radius 3 is 2.85 bits per heavy atom. The van der Waals surface area contributed by atoms with Gasteiger partial charge in [0.2, 0.25) is 0 Å². The summed E-state index contributed by atoms with van der Waals surface area (Å²) >= 11 is 1.72. The smallest absolute Gasteiger partial charge is 0.0794 e. The molecular formula is C10H18N2S. The normalized spacial score (nSPS) is 15.6. The molecular weight excluding hydrogens is 180 g/mol. The highest BCUT2D eigenvalue weighted by molar-refractivity contribution is 7.09. The molecule has 2 nitrogen and oxygen atoms in total. The second kappa shape index (κ2) is 5.35. The Hall–Kier alpha value is -0.410. The lowest BCUT2D eigenvalue weighted by Gasteiger charge is -2.17. The molecule has 1 heterocycles. The first-order valence-electron chi connectivity index (χ1n) is 4.88. The molecule has 0 fully saturated rings. The summed E-state index contributed by atoms with van der Waals surface area (Å²) in [7, 11) is 0. The SMILES string of the molecule is CCCC(C)NC(C)c1cncs1. The van der Waals surface area contributed by atoms with Gasteiger partial charge in [0.05, 0.1) is 5.51 Å². The van der Waals surface area contributed by atoms with Crippen molar-refractivity contribution in [1.82, 2.24) is 10.3 Å². The molecule has 0 amide bonds. The zero-order valence-electron chi connectivity index (χ0n) is 8.58. The molecule has 1 aromatic rings. The van der Waals surface area contributed by atoms with Gasteiger partial charge in [0.25, 0.3) is 0 Å². The first kappa shape index (κ1) is 10.7. The lowest BCUT2D eigenvalue weighted by molar-refractivity contribution is 0.456. The molecule has 2 atom stereocenters. The quantitative estimate of drug-likeness (QED) is 0.786. The fourth-order valence-electron chi connectivity index (χ4n) is 1.46. The van der Waals surface area contributed by atoms with Crippen LogP contribution in [0, 0.1) is 0 Å². The maximum absolute atomic E-state index is 4.08. The van der Waals surface area contributed by atoms with E-state index in [4.69, 9.17) is 0 Å². The molecule has 0 radical (unpaired) electrons. The predicted molar refractivity (Wildman–Crippen MR) is 58.0 cm³/mol. The fourth-order valence-corrected chi connectivity index (χ4v) is 2.10. The maximum atomic E-state index is 4.08. The van der Waals surface area contributed by atoms with Crippen LogP contribution in [0.2, 0.25) is 0 Å². The van der Waals surface area contributed by atoms with Crippen LogP contribution in [0.25, 0.3) is 0 Å². The molecule has 3 heteroatoms. The summed E-state index contributed by atoms with van der Waals surface area (Å²) in [5, 5.41) is 3.55. The van der Waals surface area contributed by atoms with Gasteiger partial charge in [-0.25, -0.2) is 0 Å². The predicted octanol–water partition coefficient (Wildman–Crippen LogP) is 2.98. The number of hydrogen-bond acceptors (Lipinski definition) is 3. The van der Waals surface area contributed by atoms with Gasteiger partial charge in [-0.05, 0) is 20.3 Å². The third kappa shape index (κ3) is 3.44. The van der Waals surface area contributed by atoms with Crippen LogP contribution in [0.1, 0.15) is 44.5 Å². The van der Waals surface area contributed by atoms with E-state index >= 15 is 0 Å². The topological polar surface area (TPSA) is 24.9 Å². The van der Waals surface area contributed by atoms with Crippen molar-refractivity contribution in [2.45, 2.75) is 45.7 Å². The molecule has 0 aliphatic carbocycles. The minimum Gasteiger partial charge on any atom is -0.307 e. The second-order valence-corrected chi connectivity index (χ2v) is 4.40. The van der Waals surface area contributed by atoms with Gasteiger partial charge in [-0.15, -0.1) is 11.3 Å². The molecule has 0 aliphatic rings. The largest absolute Gasteiger partial charge is 0.307 e. The van der Waals surface area contributed by atoms with Gasteiger partial charge in [0, 0.05) is 23.2 Å². The van der Waals surface area contributed by atoms with Gasteiger partial charge in [-0.3, -0.25) is 4.98 Å². The van der Waals surface area contributed by atoms with Gasteiger partial charge in [-0.1, -0.05) is 13.3 Å². The Morgan fingerprint density at radius 1 is 1.54 bits per heavy atom. The minimum absolute atomic E-state index is 0.439. The Kier molecular flexibility index (Phi) is 4.39. The van der Waals surface area contributed by atoms with Crippen LogP contribution in [0.5, 0.6) is 0 Å². The Balaban J connectivity index is 2.37. The van der Waals surface area contributed by atoms with Crippen LogP contribution in [0.15, 0.2) is 11.7 Å². The number of nitrogens with one attached hydrogen (secondary N) is 1. The van der Waals surface area contributed by atoms with Gasteiger partial charge in [0.15, 0.2) is 0 Å². The number of thiazole rings is 1. The van der Waals surface area contributed by atoms with E-state index in [0.717, 1.165) is 0 Å². The van der Waals surface area contributed by atoms with Crippen molar-refractivity contribution >= 4 is 11.3 Å². The van der Waals surface area contributed by atoms with E-state index in [1.54, 1.807) is 11.3 Å². The second-order valence-electron chi connectivity index (χ2n) is 3.48. The highest BCUT2D eigenvalue weighted by atomic mass is 32.1. The lowest BCUT2D eigenvalue weighted by atomic mass is 10.1. The third-order valence-corrected chi connectivity index (χ3v) is 3.09. The highest BCUT2D eigenvalue weighted by Crippen LogP contribution is 2.17. The van der Waals surface area contributed by atoms with E-state index in [0.29, 0.717) is 12.1 Å². The third-order valence-electron chi connectivity index (χ3n) is 2.13. The van der Waals surface area contributed by atoms with Crippen LogP contribution in [-0.2, 0) is 0 Å². The number of hydrogen-bond donors (Lipinski definition) is 1. The van der Waals surface area contributed by atoms with Gasteiger partial charge < -0.3 is 5.32 Å². The number of nitrogens with zero attached hydrogens (tertiary/aromatic N) is 1. The molecule has 1 aromatic heterocycles. The summed E-state index contributed by atoms with van der Waals surface area (Å²) in [6, 6.07) is 1.04. The molecule has 0 saturated carbocycles. The average Bonchev–Trinajstić information content (AvgIpc) is 2.55. The summed E-state index contributed by atoms with van der Waals surface area (Å²) in [6.45, 7) is 6.65. The number of rotatable bonds is 5. The molecule has 0 aromatic carbocycles. The number of aromatic nitrogens is 1. The fraction of sp³-hybridized carbons (Fsp3) is 0.700. The maximum Gasteiger partial charge on any atom is 0.0794 e. The van der Waals surface area contributed by atoms with Crippen LogP contribution in [0.3, 0.4) is 0 Å². The van der Waals surface area contributed by atoms with Crippen molar-refractivity contribution in [2.24, 2.45) is 0 Å². The van der Waals surface area contributed by atoms with Crippen molar-refractivity contribution < 1.29 is 0 Å². The van der Waals surface area contributed by atoms with Gasteiger partial charge in [0.1, 0.15) is 0 Å². The molecule has 1 N–H and O–H groups in total. The van der Waals surface area contributed by atoms with Crippen LogP contribution < -0.4 is 5.32 Å². The van der Waals surface area contributed by atoms with Crippen molar-refractivity contribution in [3.63, 3.8) is 0 Å². The van der Waals surface area contributed by atoms with Crippen molar-refractivity contribution in [2.75, 3.05) is 0 Å². The van der Waals surface area contributed by atoms with Crippen molar-refractivity contribution in [3.8, 4) is 0 Å². The summed E-state index contributed by atoms with van der Waals surface area (Å²) in [4.78, 5) is 5.40. The first-order chi connectivity index (χ1) is 6.24. The van der Waals surface area contributed by atoms with Crippen molar-refractivity contribution in [3.05, 3.63) is 16.6 Å². The van der Waals surface area contributed by atoms with E-state index in [2.05, 4.69) is 31.1 Å². The van der Waals surface area contributed by atoms with Crippen LogP contribution in [-0.4, -0.2) is 11.0 Å². The standard InChI is InChI=1S/C10H18N2S/c1-4-5-8(2)12-9(3)10-6-11-7-13-10/h6-9,12H,4-5H2,1-3H3. The van der Waals surface area contributed by atoms with E-state index in [1.165, 1.54) is 17.7 Å². The zero-order valence-corrected chi connectivity index (χ0v) is 9.40. The van der Waals surface area contributed by atoms with E-state index < -0.39 is 0 Å². The average molecular weight is 198 g/mol. The molecule has 74 valence electrons. The molecule has 0 spiro atoms. The summed E-state index contributed by atoms with van der Waals surface area (Å²) < 4.78 is 0. The summed E-state index contributed by atoms with van der Waals surface area (Å²) in [5.74, 6) is 0.